The average Bonchev–Trinajstić information content (AvgIpc) is 2.68. The minimum atomic E-state index is -0.0670. The largest absolute Gasteiger partial charge is 0.293 e. The molecular formula is C9H12N4OS. The lowest BCUT2D eigenvalue weighted by Crippen LogP contribution is -2.10. The van der Waals surface area contributed by atoms with E-state index < -0.39 is 0 Å². The van der Waals surface area contributed by atoms with Crippen LogP contribution in [0.2, 0.25) is 0 Å². The standard InChI is InChI=1S/C9H12N4OS/c1-4-7(14)10-8-11-9-13(12-8)5(2)6(3)15-9/h4H2,1-3H3,(H,10,12,14). The van der Waals surface area contributed by atoms with Crippen molar-refractivity contribution >= 4 is 28.2 Å². The summed E-state index contributed by atoms with van der Waals surface area (Å²) in [5.74, 6) is 0.318. The van der Waals surface area contributed by atoms with E-state index in [9.17, 15) is 4.79 Å². The van der Waals surface area contributed by atoms with Crippen molar-refractivity contribution in [1.29, 1.82) is 0 Å². The molecule has 0 fully saturated rings. The van der Waals surface area contributed by atoms with Crippen molar-refractivity contribution < 1.29 is 4.79 Å². The highest BCUT2D eigenvalue weighted by Gasteiger charge is 2.11. The second kappa shape index (κ2) is 3.62. The van der Waals surface area contributed by atoms with Gasteiger partial charge in [0.05, 0.1) is 5.69 Å². The van der Waals surface area contributed by atoms with Gasteiger partial charge in [0, 0.05) is 11.3 Å². The van der Waals surface area contributed by atoms with Crippen LogP contribution in [0, 0.1) is 13.8 Å². The maximum atomic E-state index is 11.1. The lowest BCUT2D eigenvalue weighted by Gasteiger charge is -1.95. The summed E-state index contributed by atoms with van der Waals surface area (Å²) in [4.78, 5) is 17.4. The number of hydrogen-bond donors (Lipinski definition) is 1. The number of thiazole rings is 1. The number of amides is 1. The summed E-state index contributed by atoms with van der Waals surface area (Å²) >= 11 is 1.57. The highest BCUT2D eigenvalue weighted by atomic mass is 32.1. The number of fused-ring (bicyclic) bond motifs is 1. The maximum Gasteiger partial charge on any atom is 0.250 e. The molecule has 0 aliphatic rings. The maximum absolute atomic E-state index is 11.1. The number of aryl methyl sites for hydroxylation is 2. The molecule has 0 aliphatic heterocycles. The average molecular weight is 224 g/mol. The van der Waals surface area contributed by atoms with Gasteiger partial charge in [-0.1, -0.05) is 18.3 Å². The summed E-state index contributed by atoms with van der Waals surface area (Å²) in [7, 11) is 0. The zero-order valence-corrected chi connectivity index (χ0v) is 9.68. The SMILES string of the molecule is CCC(=O)Nc1nc2sc(C)c(C)n2n1. The molecule has 0 aromatic carbocycles. The minimum absolute atomic E-state index is 0.0670. The van der Waals surface area contributed by atoms with Gasteiger partial charge in [-0.05, 0) is 13.8 Å². The molecule has 0 aliphatic carbocycles. The molecule has 0 atom stereocenters. The van der Waals surface area contributed by atoms with Gasteiger partial charge in [0.25, 0.3) is 0 Å². The summed E-state index contributed by atoms with van der Waals surface area (Å²) < 4.78 is 1.76. The molecule has 0 spiro atoms. The van der Waals surface area contributed by atoms with Crippen LogP contribution in [0.15, 0.2) is 0 Å². The second-order valence-corrected chi connectivity index (χ2v) is 4.46. The molecule has 1 N–H and O–H groups in total. The van der Waals surface area contributed by atoms with E-state index in [1.807, 2.05) is 13.8 Å². The first kappa shape index (κ1) is 10.1. The quantitative estimate of drug-likeness (QED) is 0.845. The fourth-order valence-electron chi connectivity index (χ4n) is 1.21. The van der Waals surface area contributed by atoms with Gasteiger partial charge in [-0.2, -0.15) is 4.98 Å². The third-order valence-electron chi connectivity index (χ3n) is 2.22. The molecule has 0 radical (unpaired) electrons. The molecule has 0 saturated carbocycles. The van der Waals surface area contributed by atoms with Crippen LogP contribution in [-0.4, -0.2) is 20.5 Å². The number of carbonyl (C=O) groups is 1. The van der Waals surface area contributed by atoms with E-state index in [0.717, 1.165) is 10.7 Å². The van der Waals surface area contributed by atoms with Crippen molar-refractivity contribution in [2.75, 3.05) is 5.32 Å². The highest BCUT2D eigenvalue weighted by molar-refractivity contribution is 7.17. The first-order chi connectivity index (χ1) is 7.11. The van der Waals surface area contributed by atoms with Crippen LogP contribution >= 0.6 is 11.3 Å². The summed E-state index contributed by atoms with van der Waals surface area (Å²) in [6.45, 7) is 5.81. The van der Waals surface area contributed by atoms with E-state index >= 15 is 0 Å². The molecule has 2 heterocycles. The Hall–Kier alpha value is -1.43. The predicted molar refractivity (Wildman–Crippen MR) is 59.3 cm³/mol. The predicted octanol–water partition coefficient (Wildman–Crippen LogP) is 1.76. The van der Waals surface area contributed by atoms with E-state index in [2.05, 4.69) is 15.4 Å². The van der Waals surface area contributed by atoms with Crippen molar-refractivity contribution in [2.24, 2.45) is 0 Å². The Morgan fingerprint density at radius 1 is 1.53 bits per heavy atom. The Morgan fingerprint density at radius 2 is 2.27 bits per heavy atom. The van der Waals surface area contributed by atoms with E-state index in [1.165, 1.54) is 4.88 Å². The number of anilines is 1. The molecule has 0 saturated heterocycles. The Morgan fingerprint density at radius 3 is 2.87 bits per heavy atom. The van der Waals surface area contributed by atoms with Crippen LogP contribution < -0.4 is 5.32 Å². The molecule has 15 heavy (non-hydrogen) atoms. The molecule has 5 nitrogen and oxygen atoms in total. The van der Waals surface area contributed by atoms with Gasteiger partial charge in [-0.25, -0.2) is 4.52 Å². The van der Waals surface area contributed by atoms with Gasteiger partial charge in [0.2, 0.25) is 16.8 Å². The molecule has 2 rings (SSSR count). The summed E-state index contributed by atoms with van der Waals surface area (Å²) in [6.07, 6.45) is 0.435. The summed E-state index contributed by atoms with van der Waals surface area (Å²) in [5, 5.41) is 6.84. The zero-order chi connectivity index (χ0) is 11.0. The third kappa shape index (κ3) is 1.72. The molecular weight excluding hydrogens is 212 g/mol. The lowest BCUT2D eigenvalue weighted by molar-refractivity contribution is -0.115. The molecule has 6 heteroatoms. The molecule has 1 amide bonds. The van der Waals surface area contributed by atoms with Gasteiger partial charge in [-0.3, -0.25) is 10.1 Å². The van der Waals surface area contributed by atoms with Gasteiger partial charge in [0.15, 0.2) is 0 Å². The smallest absolute Gasteiger partial charge is 0.250 e. The van der Waals surface area contributed by atoms with Gasteiger partial charge < -0.3 is 0 Å². The van der Waals surface area contributed by atoms with E-state index in [0.29, 0.717) is 12.4 Å². The highest BCUT2D eigenvalue weighted by Crippen LogP contribution is 2.21. The van der Waals surface area contributed by atoms with Crippen molar-refractivity contribution in [3.05, 3.63) is 10.6 Å². The van der Waals surface area contributed by atoms with Crippen LogP contribution in [-0.2, 0) is 4.79 Å². The van der Waals surface area contributed by atoms with E-state index in [4.69, 9.17) is 0 Å². The normalized spacial score (nSPS) is 10.9. The second-order valence-electron chi connectivity index (χ2n) is 3.28. The Kier molecular flexibility index (Phi) is 2.44. The van der Waals surface area contributed by atoms with Crippen LogP contribution in [0.4, 0.5) is 5.95 Å². The lowest BCUT2D eigenvalue weighted by atomic mass is 10.4. The number of rotatable bonds is 2. The van der Waals surface area contributed by atoms with Gasteiger partial charge in [0.1, 0.15) is 0 Å². The minimum Gasteiger partial charge on any atom is -0.293 e. The molecule has 0 unspecified atom stereocenters. The first-order valence-corrected chi connectivity index (χ1v) is 5.56. The first-order valence-electron chi connectivity index (χ1n) is 4.74. The van der Waals surface area contributed by atoms with Crippen LogP contribution in [0.5, 0.6) is 0 Å². The number of aromatic nitrogens is 3. The van der Waals surface area contributed by atoms with Crippen molar-refractivity contribution in [3.8, 4) is 0 Å². The molecule has 2 aromatic rings. The third-order valence-corrected chi connectivity index (χ3v) is 3.27. The summed E-state index contributed by atoms with van der Waals surface area (Å²) in [5.41, 5.74) is 1.07. The van der Waals surface area contributed by atoms with Gasteiger partial charge >= 0.3 is 0 Å². The number of nitrogens with one attached hydrogen (secondary N) is 1. The fraction of sp³-hybridized carbons (Fsp3) is 0.444. The Labute approximate surface area is 91.1 Å². The van der Waals surface area contributed by atoms with Crippen LogP contribution in [0.3, 0.4) is 0 Å². The van der Waals surface area contributed by atoms with Crippen molar-refractivity contribution in [2.45, 2.75) is 27.2 Å². The molecule has 2 aromatic heterocycles. The Bertz CT molecular complexity index is 513. The topological polar surface area (TPSA) is 59.3 Å². The summed E-state index contributed by atoms with van der Waals surface area (Å²) in [6, 6.07) is 0. The number of hydrogen-bond acceptors (Lipinski definition) is 4. The number of nitrogens with zero attached hydrogens (tertiary/aromatic N) is 3. The van der Waals surface area contributed by atoms with Crippen molar-refractivity contribution in [1.82, 2.24) is 14.6 Å². The zero-order valence-electron chi connectivity index (χ0n) is 8.87. The van der Waals surface area contributed by atoms with Crippen LogP contribution in [0.1, 0.15) is 23.9 Å². The van der Waals surface area contributed by atoms with Gasteiger partial charge in [-0.15, -0.1) is 5.10 Å². The fourth-order valence-corrected chi connectivity index (χ4v) is 2.11. The van der Waals surface area contributed by atoms with Crippen LogP contribution in [0.25, 0.3) is 4.96 Å². The number of carbonyl (C=O) groups excluding carboxylic acids is 1. The Balaban J connectivity index is 2.36. The molecule has 0 bridgehead atoms. The van der Waals surface area contributed by atoms with E-state index in [-0.39, 0.29) is 5.91 Å². The van der Waals surface area contributed by atoms with Crippen molar-refractivity contribution in [3.63, 3.8) is 0 Å². The van der Waals surface area contributed by atoms with E-state index in [1.54, 1.807) is 22.8 Å². The monoisotopic (exact) mass is 224 g/mol. The molecule has 80 valence electrons.